The van der Waals surface area contributed by atoms with Gasteiger partial charge in [-0.25, -0.2) is 0 Å². The molecule has 0 rings (SSSR count). The number of hydrogen-bond acceptors (Lipinski definition) is 1. The smallest absolute Gasteiger partial charge is 0.0666 e. The fourth-order valence-corrected chi connectivity index (χ4v) is 2.25. The highest BCUT2D eigenvalue weighted by atomic mass is 35.5. The van der Waals surface area contributed by atoms with Crippen LogP contribution in [0.25, 0.3) is 0 Å². The van der Waals surface area contributed by atoms with Gasteiger partial charge in [-0.1, -0.05) is 23.2 Å². The summed E-state index contributed by atoms with van der Waals surface area (Å²) < 4.78 is 0.205. The Labute approximate surface area is 63.5 Å². The minimum Gasteiger partial charge on any atom is -0.0666 e. The fraction of sp³-hybridized carbons (Fsp3) is 0. The molecule has 0 aliphatic heterocycles. The van der Waals surface area contributed by atoms with Crippen LogP contribution in [0.5, 0.6) is 0 Å². The Kier molecular flexibility index (Phi) is 4.81. The predicted octanol–water partition coefficient (Wildman–Crippen LogP) is 3.05. The second-order valence-electron chi connectivity index (χ2n) is 0.721. The second kappa shape index (κ2) is 4.11. The number of hydrogen-bond donors (Lipinski definition) is 1. The summed E-state index contributed by atoms with van der Waals surface area (Å²) in [4.78, 5) is 0. The van der Waals surface area contributed by atoms with Crippen LogP contribution < -0.4 is 0 Å². The van der Waals surface area contributed by atoms with Crippen molar-refractivity contribution in [2.75, 3.05) is 0 Å². The van der Waals surface area contributed by atoms with E-state index < -0.39 is 5.90 Å². The first-order valence-electron chi connectivity index (χ1n) is 1.31. The van der Waals surface area contributed by atoms with Crippen molar-refractivity contribution in [2.24, 2.45) is 0 Å². The van der Waals surface area contributed by atoms with Gasteiger partial charge in [0.2, 0.25) is 0 Å². The van der Waals surface area contributed by atoms with Crippen molar-refractivity contribution in [3.05, 3.63) is 10.3 Å². The van der Waals surface area contributed by atoms with Crippen molar-refractivity contribution >= 4 is 53.2 Å². The lowest BCUT2D eigenvalue weighted by Gasteiger charge is -1.66. The van der Waals surface area contributed by atoms with Gasteiger partial charge in [-0.05, 0) is 0 Å². The van der Waals surface area contributed by atoms with E-state index in [2.05, 4.69) is 24.1 Å². The Morgan fingerprint density at radius 1 is 1.71 bits per heavy atom. The topological polar surface area (TPSA) is 0 Å². The first-order chi connectivity index (χ1) is 3.13. The van der Waals surface area contributed by atoms with E-state index in [1.807, 2.05) is 0 Å². The SMILES string of the molecule is S=[P+](S)C=C(Cl)Cl. The van der Waals surface area contributed by atoms with E-state index in [0.717, 1.165) is 0 Å². The third-order valence-corrected chi connectivity index (χ3v) is 1.87. The van der Waals surface area contributed by atoms with Crippen LogP contribution >= 0.6 is 41.3 Å². The normalized spacial score (nSPS) is 10.4. The van der Waals surface area contributed by atoms with Gasteiger partial charge in [-0.15, -0.1) is 0 Å². The van der Waals surface area contributed by atoms with Gasteiger partial charge in [0.05, 0.1) is 12.2 Å². The molecule has 0 bridgehead atoms. The van der Waals surface area contributed by atoms with E-state index in [9.17, 15) is 0 Å². The maximum atomic E-state index is 5.20. The summed E-state index contributed by atoms with van der Waals surface area (Å²) in [5, 5.41) is 0. The Morgan fingerprint density at radius 2 is 2.14 bits per heavy atom. The summed E-state index contributed by atoms with van der Waals surface area (Å²) in [7, 11) is 0. The molecule has 0 aromatic rings. The van der Waals surface area contributed by atoms with Crippen molar-refractivity contribution in [2.45, 2.75) is 0 Å². The zero-order valence-electron chi connectivity index (χ0n) is 3.14. The molecule has 0 spiro atoms. The molecule has 0 radical (unpaired) electrons. The van der Waals surface area contributed by atoms with Crippen molar-refractivity contribution in [3.63, 3.8) is 0 Å². The minimum absolute atomic E-state index is 0.205. The minimum atomic E-state index is -0.788. The Balaban J connectivity index is 3.68. The molecule has 0 nitrogen and oxygen atoms in total. The van der Waals surface area contributed by atoms with Crippen LogP contribution in [-0.4, -0.2) is 0 Å². The van der Waals surface area contributed by atoms with Crippen molar-refractivity contribution in [1.29, 1.82) is 0 Å². The molecule has 5 heteroatoms. The molecule has 0 aliphatic rings. The summed E-state index contributed by atoms with van der Waals surface area (Å²) in [6.45, 7) is 0. The van der Waals surface area contributed by atoms with Crippen molar-refractivity contribution in [1.82, 2.24) is 0 Å². The summed E-state index contributed by atoms with van der Waals surface area (Å²) in [6, 6.07) is 0. The zero-order chi connectivity index (χ0) is 5.86. The van der Waals surface area contributed by atoms with Gasteiger partial charge in [0, 0.05) is 0 Å². The third kappa shape index (κ3) is 7.19. The summed E-state index contributed by atoms with van der Waals surface area (Å²) in [5.74, 6) is 0.737. The van der Waals surface area contributed by atoms with Crippen LogP contribution in [0.1, 0.15) is 0 Å². The van der Waals surface area contributed by atoms with Crippen LogP contribution in [0, 0.1) is 0 Å². The molecular weight excluding hydrogens is 190 g/mol. The largest absolute Gasteiger partial charge is 0.274 e. The number of thiol groups is 1. The Hall–Kier alpha value is 1.19. The number of halogens is 2. The van der Waals surface area contributed by atoms with Gasteiger partial charge < -0.3 is 0 Å². The van der Waals surface area contributed by atoms with Crippen LogP contribution in [0.3, 0.4) is 0 Å². The molecule has 0 heterocycles. The van der Waals surface area contributed by atoms with Crippen molar-refractivity contribution in [3.8, 4) is 0 Å². The quantitative estimate of drug-likeness (QED) is 0.492. The van der Waals surface area contributed by atoms with Gasteiger partial charge in [0.1, 0.15) is 0 Å². The monoisotopic (exact) mass is 191 g/mol. The van der Waals surface area contributed by atoms with Crippen molar-refractivity contribution < 1.29 is 0 Å². The highest BCUT2D eigenvalue weighted by Gasteiger charge is 1.95. The molecule has 0 amide bonds. The first-order valence-corrected chi connectivity index (χ1v) is 5.64. The molecule has 40 valence electrons. The first kappa shape index (κ1) is 8.19. The fourth-order valence-electron chi connectivity index (χ4n) is 0.0835. The summed E-state index contributed by atoms with van der Waals surface area (Å²) >= 11 is 18.9. The summed E-state index contributed by atoms with van der Waals surface area (Å²) in [6.07, 6.45) is 0. The Morgan fingerprint density at radius 3 is 2.14 bits per heavy atom. The van der Waals surface area contributed by atoms with E-state index in [4.69, 9.17) is 23.2 Å². The average Bonchev–Trinajstić information content (AvgIpc) is 1.27. The highest BCUT2D eigenvalue weighted by molar-refractivity contribution is 8.57. The lowest BCUT2D eigenvalue weighted by Crippen LogP contribution is -1.40. The molecule has 0 aromatic carbocycles. The zero-order valence-corrected chi connectivity index (χ0v) is 7.25. The molecule has 0 saturated heterocycles. The van der Waals surface area contributed by atoms with Gasteiger partial charge in [0.15, 0.2) is 22.1 Å². The predicted molar refractivity (Wildman–Crippen MR) is 43.1 cm³/mol. The maximum Gasteiger partial charge on any atom is 0.274 e. The van der Waals surface area contributed by atoms with Crippen LogP contribution in [0.15, 0.2) is 10.3 Å². The lowest BCUT2D eigenvalue weighted by molar-refractivity contribution is 2.38. The van der Waals surface area contributed by atoms with Gasteiger partial charge in [0.25, 0.3) is 5.90 Å². The molecular formula is C2H2Cl2PS2+. The molecule has 1 atom stereocenters. The van der Waals surface area contributed by atoms with E-state index >= 15 is 0 Å². The van der Waals surface area contributed by atoms with Crippen LogP contribution in [0.2, 0.25) is 0 Å². The Bertz CT molecular complexity index is 106. The lowest BCUT2D eigenvalue weighted by atomic mass is 11.2. The molecule has 0 aromatic heterocycles. The maximum absolute atomic E-state index is 5.20. The molecule has 0 N–H and O–H groups in total. The highest BCUT2D eigenvalue weighted by Crippen LogP contribution is 2.31. The van der Waals surface area contributed by atoms with Gasteiger partial charge in [-0.2, -0.15) is 0 Å². The third-order valence-electron chi connectivity index (χ3n) is 0.208. The second-order valence-corrected chi connectivity index (χ2v) is 5.88. The van der Waals surface area contributed by atoms with E-state index in [1.165, 1.54) is 5.82 Å². The molecule has 1 unspecified atom stereocenters. The van der Waals surface area contributed by atoms with Crippen LogP contribution in [0.4, 0.5) is 0 Å². The van der Waals surface area contributed by atoms with Crippen LogP contribution in [-0.2, 0) is 11.8 Å². The molecule has 0 aliphatic carbocycles. The van der Waals surface area contributed by atoms with E-state index in [-0.39, 0.29) is 4.49 Å². The van der Waals surface area contributed by atoms with Gasteiger partial charge >= 0.3 is 0 Å². The van der Waals surface area contributed by atoms with E-state index in [1.54, 1.807) is 0 Å². The standard InChI is InChI=1S/C2HCl2PS2/c3-2(4)1-5(6)7/h1H/p+1. The van der Waals surface area contributed by atoms with E-state index in [0.29, 0.717) is 0 Å². The summed E-state index contributed by atoms with van der Waals surface area (Å²) in [5.41, 5.74) is 0. The molecule has 7 heavy (non-hydrogen) atoms. The van der Waals surface area contributed by atoms with Gasteiger partial charge in [-0.3, -0.25) is 0 Å². The average molecular weight is 192 g/mol. The molecule has 0 fully saturated rings. The molecule has 0 saturated carbocycles. The number of rotatable bonds is 1.